The molecule has 0 amide bonds. The molecule has 2 atom stereocenters. The molecular weight excluding hydrogens is 351 g/mol. The van der Waals surface area contributed by atoms with Crippen molar-refractivity contribution in [2.75, 3.05) is 12.8 Å². The molecule has 0 bridgehead atoms. The molecule has 0 aromatic heterocycles. The number of carbonyl (C=O) groups excluding carboxylic acids is 1. The molecule has 0 aromatic rings. The summed E-state index contributed by atoms with van der Waals surface area (Å²) in [5, 5.41) is 0. The van der Waals surface area contributed by atoms with Crippen LogP contribution in [0.5, 0.6) is 0 Å². The second kappa shape index (κ2) is 14.6. The van der Waals surface area contributed by atoms with Gasteiger partial charge in [0.15, 0.2) is 0 Å². The Morgan fingerprint density at radius 2 is 1.46 bits per heavy atom. The van der Waals surface area contributed by atoms with E-state index in [0.29, 0.717) is 12.8 Å². The van der Waals surface area contributed by atoms with Crippen molar-refractivity contribution >= 4 is 13.6 Å². The van der Waals surface area contributed by atoms with E-state index in [9.17, 15) is 14.3 Å². The van der Waals surface area contributed by atoms with Crippen molar-refractivity contribution in [1.29, 1.82) is 0 Å². The van der Waals surface area contributed by atoms with E-state index in [2.05, 4.69) is 6.92 Å². The van der Waals surface area contributed by atoms with Gasteiger partial charge in [-0.25, -0.2) is 0 Å². The molecule has 5 nitrogen and oxygen atoms in total. The van der Waals surface area contributed by atoms with Crippen LogP contribution >= 0.6 is 7.60 Å². The van der Waals surface area contributed by atoms with Crippen LogP contribution in [0.3, 0.4) is 0 Å². The van der Waals surface area contributed by atoms with Gasteiger partial charge in [0.1, 0.15) is 12.7 Å². The molecule has 154 valence electrons. The van der Waals surface area contributed by atoms with Crippen molar-refractivity contribution in [2.24, 2.45) is 0 Å². The van der Waals surface area contributed by atoms with Crippen LogP contribution in [0, 0.1) is 0 Å². The first-order chi connectivity index (χ1) is 12.5. The van der Waals surface area contributed by atoms with Crippen LogP contribution in [0.25, 0.3) is 0 Å². The molecule has 1 heterocycles. The zero-order valence-electron chi connectivity index (χ0n) is 16.6. The largest absolute Gasteiger partial charge is 0.463 e. The highest BCUT2D eigenvalue weighted by molar-refractivity contribution is 7.53. The quantitative estimate of drug-likeness (QED) is 0.199. The van der Waals surface area contributed by atoms with E-state index in [4.69, 9.17) is 9.26 Å². The van der Waals surface area contributed by atoms with Gasteiger partial charge in [-0.1, -0.05) is 84.0 Å². The summed E-state index contributed by atoms with van der Waals surface area (Å²) in [6.07, 6.45) is 17.3. The predicted octanol–water partition coefficient (Wildman–Crippen LogP) is 5.99. The van der Waals surface area contributed by atoms with Gasteiger partial charge in [-0.15, -0.1) is 0 Å². The number of rotatable bonds is 16. The fourth-order valence-corrected chi connectivity index (χ4v) is 4.66. The Balaban J connectivity index is 1.80. The Morgan fingerprint density at radius 3 is 1.92 bits per heavy atom. The number of ether oxygens (including phenoxy) is 1. The topological polar surface area (TPSA) is 72.8 Å². The Labute approximate surface area is 159 Å². The third-order valence-electron chi connectivity index (χ3n) is 4.96. The highest BCUT2D eigenvalue weighted by Crippen LogP contribution is 2.50. The molecule has 1 saturated heterocycles. The molecule has 1 aliphatic rings. The third kappa shape index (κ3) is 12.9. The maximum absolute atomic E-state index is 11.7. The Bertz CT molecular complexity index is 413. The van der Waals surface area contributed by atoms with Gasteiger partial charge in [0.05, 0.1) is 6.16 Å². The molecule has 0 radical (unpaired) electrons. The van der Waals surface area contributed by atoms with Crippen molar-refractivity contribution in [3.63, 3.8) is 0 Å². The maximum atomic E-state index is 11.7. The van der Waals surface area contributed by atoms with Crippen LogP contribution in [0.1, 0.15) is 103 Å². The van der Waals surface area contributed by atoms with Gasteiger partial charge in [-0.3, -0.25) is 9.36 Å². The molecule has 0 aromatic carbocycles. The summed E-state index contributed by atoms with van der Waals surface area (Å²) in [5.41, 5.74) is 0. The van der Waals surface area contributed by atoms with Gasteiger partial charge in [-0.2, -0.15) is 0 Å². The minimum Gasteiger partial charge on any atom is -0.463 e. The summed E-state index contributed by atoms with van der Waals surface area (Å²) in [4.78, 5) is 20.9. The van der Waals surface area contributed by atoms with Gasteiger partial charge in [0.2, 0.25) is 0 Å². The average molecular weight is 391 g/mol. The van der Waals surface area contributed by atoms with E-state index in [-0.39, 0.29) is 18.7 Å². The highest BCUT2D eigenvalue weighted by Gasteiger charge is 2.33. The third-order valence-corrected chi connectivity index (χ3v) is 6.41. The van der Waals surface area contributed by atoms with Crippen molar-refractivity contribution in [3.05, 3.63) is 0 Å². The van der Waals surface area contributed by atoms with Gasteiger partial charge in [0, 0.05) is 6.42 Å². The van der Waals surface area contributed by atoms with E-state index >= 15 is 0 Å². The van der Waals surface area contributed by atoms with Crippen LogP contribution in [0.15, 0.2) is 0 Å². The lowest BCUT2D eigenvalue weighted by Gasteiger charge is -2.10. The minimum absolute atomic E-state index is 0.0990. The Morgan fingerprint density at radius 1 is 0.962 bits per heavy atom. The lowest BCUT2D eigenvalue weighted by Crippen LogP contribution is -2.17. The molecule has 26 heavy (non-hydrogen) atoms. The Kier molecular flexibility index (Phi) is 13.3. The summed E-state index contributed by atoms with van der Waals surface area (Å²) >= 11 is 0. The summed E-state index contributed by atoms with van der Waals surface area (Å²) in [7, 11) is -3.40. The molecule has 6 heteroatoms. The zero-order valence-corrected chi connectivity index (χ0v) is 17.5. The molecular formula is C20H39O5P. The molecule has 2 unspecified atom stereocenters. The van der Waals surface area contributed by atoms with Crippen LogP contribution in [-0.4, -0.2) is 29.7 Å². The molecule has 1 rings (SSSR count). The van der Waals surface area contributed by atoms with Gasteiger partial charge in [-0.05, 0) is 12.8 Å². The second-order valence-corrected chi connectivity index (χ2v) is 9.49. The predicted molar refractivity (Wildman–Crippen MR) is 105 cm³/mol. The Hall–Kier alpha value is -0.380. The average Bonchev–Trinajstić information content (AvgIpc) is 2.96. The standard InChI is InChI=1S/C20H39O5P/c1-2-3-4-5-6-7-8-9-10-11-12-13-14-15-20(21)24-18-19-16-17-26(22,23)25-19/h19H,2-18H2,1H3,(H,22,23). The lowest BCUT2D eigenvalue weighted by atomic mass is 10.0. The number of esters is 1. The summed E-state index contributed by atoms with van der Waals surface area (Å²) in [6, 6.07) is 0. The fraction of sp³-hybridized carbons (Fsp3) is 0.950. The first-order valence-corrected chi connectivity index (χ1v) is 12.5. The SMILES string of the molecule is CCCCCCCCCCCCCCCC(=O)OCC1CCP(=O)(O)O1. The monoisotopic (exact) mass is 390 g/mol. The van der Waals surface area contributed by atoms with Crippen molar-refractivity contribution in [3.8, 4) is 0 Å². The fourth-order valence-electron chi connectivity index (χ4n) is 3.30. The lowest BCUT2D eigenvalue weighted by molar-refractivity contribution is -0.146. The van der Waals surface area contributed by atoms with Crippen LogP contribution in [0.2, 0.25) is 0 Å². The zero-order chi connectivity index (χ0) is 19.1. The van der Waals surface area contributed by atoms with Crippen LogP contribution in [-0.2, 0) is 18.6 Å². The minimum atomic E-state index is -3.40. The van der Waals surface area contributed by atoms with Crippen molar-refractivity contribution < 1.29 is 23.5 Å². The normalized spacial score (nSPS) is 22.6. The number of hydrogen-bond donors (Lipinski definition) is 1. The van der Waals surface area contributed by atoms with Crippen LogP contribution < -0.4 is 0 Å². The van der Waals surface area contributed by atoms with Gasteiger partial charge < -0.3 is 14.2 Å². The molecule has 0 spiro atoms. The van der Waals surface area contributed by atoms with Gasteiger partial charge in [0.25, 0.3) is 0 Å². The number of hydrogen-bond acceptors (Lipinski definition) is 4. The summed E-state index contributed by atoms with van der Waals surface area (Å²) < 4.78 is 21.4. The highest BCUT2D eigenvalue weighted by atomic mass is 31.2. The van der Waals surface area contributed by atoms with Crippen LogP contribution in [0.4, 0.5) is 0 Å². The molecule has 1 fully saturated rings. The molecule has 0 saturated carbocycles. The molecule has 1 N–H and O–H groups in total. The number of unbranched alkanes of at least 4 members (excludes halogenated alkanes) is 12. The number of carbonyl (C=O) groups is 1. The second-order valence-electron chi connectivity index (χ2n) is 7.55. The smallest absolute Gasteiger partial charge is 0.328 e. The van der Waals surface area contributed by atoms with Gasteiger partial charge >= 0.3 is 13.6 Å². The first kappa shape index (κ1) is 23.7. The van der Waals surface area contributed by atoms with E-state index in [0.717, 1.165) is 12.8 Å². The van der Waals surface area contributed by atoms with E-state index in [1.165, 1.54) is 70.6 Å². The summed E-state index contributed by atoms with van der Waals surface area (Å²) in [5.74, 6) is -0.226. The van der Waals surface area contributed by atoms with E-state index in [1.54, 1.807) is 0 Å². The van der Waals surface area contributed by atoms with Crippen molar-refractivity contribution in [2.45, 2.75) is 109 Å². The molecule has 1 aliphatic heterocycles. The first-order valence-electron chi connectivity index (χ1n) is 10.7. The van der Waals surface area contributed by atoms with E-state index < -0.39 is 13.7 Å². The van der Waals surface area contributed by atoms with Crippen molar-refractivity contribution in [1.82, 2.24) is 0 Å². The molecule has 0 aliphatic carbocycles. The van der Waals surface area contributed by atoms with E-state index in [1.807, 2.05) is 0 Å². The summed E-state index contributed by atoms with van der Waals surface area (Å²) in [6.45, 7) is 2.35. The maximum Gasteiger partial charge on any atom is 0.328 e.